The Kier molecular flexibility index (Phi) is 3.69. The van der Waals surface area contributed by atoms with E-state index in [4.69, 9.17) is 5.21 Å². The zero-order chi connectivity index (χ0) is 8.15. The molecule has 0 aromatic rings. The molecule has 3 nitrogen and oxygen atoms in total. The zero-order valence-electron chi connectivity index (χ0n) is 6.59. The van der Waals surface area contributed by atoms with Crippen LogP contribution in [0.1, 0.15) is 27.2 Å². The van der Waals surface area contributed by atoms with Crippen LogP contribution in [0, 0.1) is 5.92 Å². The number of carbonyl (C=O) groups is 1. The first-order chi connectivity index (χ1) is 4.57. The maximum absolute atomic E-state index is 10.6. The van der Waals surface area contributed by atoms with Gasteiger partial charge in [0.15, 0.2) is 5.78 Å². The van der Waals surface area contributed by atoms with Crippen LogP contribution in [-0.4, -0.2) is 16.7 Å². The predicted octanol–water partition coefficient (Wildman–Crippen LogP) is 1.45. The largest absolute Gasteiger partial charge is 0.411 e. The number of oxime groups is 1. The van der Waals surface area contributed by atoms with Crippen LogP contribution in [0.5, 0.6) is 0 Å². The standard InChI is InChI=1S/C7H13NO2/c1-5(2)4-7(8-10)6(3)9/h5,10H,4H2,1-3H3/b8-7-. The number of Topliss-reactive ketones (excluding diaryl/α,β-unsaturated/α-hetero) is 1. The molecule has 3 heteroatoms. The second-order valence-electron chi connectivity index (χ2n) is 2.70. The summed E-state index contributed by atoms with van der Waals surface area (Å²) in [5, 5.41) is 11.2. The second-order valence-corrected chi connectivity index (χ2v) is 2.70. The fourth-order valence-electron chi connectivity index (χ4n) is 0.642. The number of hydrogen-bond donors (Lipinski definition) is 1. The zero-order valence-corrected chi connectivity index (χ0v) is 6.59. The van der Waals surface area contributed by atoms with Gasteiger partial charge in [0.2, 0.25) is 0 Å². The molecule has 0 radical (unpaired) electrons. The van der Waals surface area contributed by atoms with E-state index in [0.29, 0.717) is 12.3 Å². The van der Waals surface area contributed by atoms with E-state index in [2.05, 4.69) is 5.16 Å². The summed E-state index contributed by atoms with van der Waals surface area (Å²) in [5.41, 5.74) is 0.259. The van der Waals surface area contributed by atoms with E-state index < -0.39 is 0 Å². The third kappa shape index (κ3) is 3.22. The van der Waals surface area contributed by atoms with Crippen molar-refractivity contribution in [3.05, 3.63) is 0 Å². The molecule has 0 atom stereocenters. The number of nitrogens with zero attached hydrogens (tertiary/aromatic N) is 1. The molecule has 0 amide bonds. The van der Waals surface area contributed by atoms with E-state index in [0.717, 1.165) is 0 Å². The monoisotopic (exact) mass is 143 g/mol. The van der Waals surface area contributed by atoms with E-state index in [1.165, 1.54) is 6.92 Å². The summed E-state index contributed by atoms with van der Waals surface area (Å²) in [6.07, 6.45) is 0.547. The Morgan fingerprint density at radius 1 is 1.60 bits per heavy atom. The lowest BCUT2D eigenvalue weighted by atomic mass is 10.0. The van der Waals surface area contributed by atoms with Crippen LogP contribution in [-0.2, 0) is 4.79 Å². The fourth-order valence-corrected chi connectivity index (χ4v) is 0.642. The topological polar surface area (TPSA) is 49.7 Å². The summed E-state index contributed by atoms with van der Waals surface area (Å²) in [4.78, 5) is 10.6. The maximum atomic E-state index is 10.6. The summed E-state index contributed by atoms with van der Waals surface area (Å²) >= 11 is 0. The van der Waals surface area contributed by atoms with Gasteiger partial charge in [-0.15, -0.1) is 0 Å². The van der Waals surface area contributed by atoms with Crippen molar-refractivity contribution >= 4 is 11.5 Å². The van der Waals surface area contributed by atoms with Crippen LogP contribution in [0.25, 0.3) is 0 Å². The highest BCUT2D eigenvalue weighted by Crippen LogP contribution is 2.01. The summed E-state index contributed by atoms with van der Waals surface area (Å²) in [7, 11) is 0. The van der Waals surface area contributed by atoms with Gasteiger partial charge in [-0.05, 0) is 12.3 Å². The Balaban J connectivity index is 3.99. The number of ketones is 1. The van der Waals surface area contributed by atoms with Gasteiger partial charge in [-0.2, -0.15) is 0 Å². The van der Waals surface area contributed by atoms with Crippen LogP contribution < -0.4 is 0 Å². The Bertz CT molecular complexity index is 150. The maximum Gasteiger partial charge on any atom is 0.177 e. The molecule has 1 N–H and O–H groups in total. The summed E-state index contributed by atoms with van der Waals surface area (Å²) in [5.74, 6) is 0.200. The van der Waals surface area contributed by atoms with Crippen molar-refractivity contribution in [3.63, 3.8) is 0 Å². The predicted molar refractivity (Wildman–Crippen MR) is 39.4 cm³/mol. The Morgan fingerprint density at radius 2 is 2.10 bits per heavy atom. The molecule has 0 aromatic heterocycles. The first-order valence-electron chi connectivity index (χ1n) is 3.29. The minimum Gasteiger partial charge on any atom is -0.411 e. The average molecular weight is 143 g/mol. The Labute approximate surface area is 60.7 Å². The first kappa shape index (κ1) is 9.14. The molecular weight excluding hydrogens is 130 g/mol. The number of hydrogen-bond acceptors (Lipinski definition) is 3. The minimum atomic E-state index is -0.156. The van der Waals surface area contributed by atoms with Crippen LogP contribution in [0.15, 0.2) is 5.16 Å². The van der Waals surface area contributed by atoms with Gasteiger partial charge in [-0.1, -0.05) is 19.0 Å². The number of carbonyl (C=O) groups excluding carboxylic acids is 1. The lowest BCUT2D eigenvalue weighted by molar-refractivity contribution is -0.111. The van der Waals surface area contributed by atoms with Crippen molar-refractivity contribution in [2.75, 3.05) is 0 Å². The summed E-state index contributed by atoms with van der Waals surface area (Å²) in [6.45, 7) is 5.33. The smallest absolute Gasteiger partial charge is 0.177 e. The lowest BCUT2D eigenvalue weighted by Crippen LogP contribution is -2.12. The summed E-state index contributed by atoms with van der Waals surface area (Å²) < 4.78 is 0. The van der Waals surface area contributed by atoms with Gasteiger partial charge >= 0.3 is 0 Å². The Hall–Kier alpha value is -0.860. The van der Waals surface area contributed by atoms with Crippen molar-refractivity contribution in [1.82, 2.24) is 0 Å². The SMILES string of the molecule is CC(=O)/C(CC(C)C)=N\O. The lowest BCUT2D eigenvalue weighted by Gasteiger charge is -2.01. The van der Waals surface area contributed by atoms with E-state index in [1.807, 2.05) is 13.8 Å². The molecule has 0 aliphatic heterocycles. The van der Waals surface area contributed by atoms with Crippen LogP contribution >= 0.6 is 0 Å². The van der Waals surface area contributed by atoms with Crippen molar-refractivity contribution in [2.45, 2.75) is 27.2 Å². The van der Waals surface area contributed by atoms with Gasteiger partial charge in [0.05, 0.1) is 0 Å². The van der Waals surface area contributed by atoms with E-state index in [-0.39, 0.29) is 11.5 Å². The van der Waals surface area contributed by atoms with Gasteiger partial charge in [-0.25, -0.2) is 0 Å². The molecule has 0 heterocycles. The highest BCUT2D eigenvalue weighted by Gasteiger charge is 2.07. The van der Waals surface area contributed by atoms with Crippen LogP contribution in [0.4, 0.5) is 0 Å². The fraction of sp³-hybridized carbons (Fsp3) is 0.714. The van der Waals surface area contributed by atoms with Gasteiger partial charge in [-0.3, -0.25) is 4.79 Å². The third-order valence-electron chi connectivity index (χ3n) is 1.13. The summed E-state index contributed by atoms with van der Waals surface area (Å²) in [6, 6.07) is 0. The normalized spacial score (nSPS) is 12.2. The molecule has 0 aromatic carbocycles. The first-order valence-corrected chi connectivity index (χ1v) is 3.29. The average Bonchev–Trinajstić information content (AvgIpc) is 1.81. The third-order valence-corrected chi connectivity index (χ3v) is 1.13. The van der Waals surface area contributed by atoms with Gasteiger partial charge < -0.3 is 5.21 Å². The molecule has 0 saturated heterocycles. The van der Waals surface area contributed by atoms with Gasteiger partial charge in [0.1, 0.15) is 5.71 Å². The molecule has 0 rings (SSSR count). The molecule has 0 aliphatic carbocycles. The molecule has 0 unspecified atom stereocenters. The molecule has 0 saturated carbocycles. The molecular formula is C7H13NO2. The van der Waals surface area contributed by atoms with E-state index in [9.17, 15) is 4.79 Å². The van der Waals surface area contributed by atoms with Gasteiger partial charge in [0, 0.05) is 6.92 Å². The van der Waals surface area contributed by atoms with E-state index in [1.54, 1.807) is 0 Å². The van der Waals surface area contributed by atoms with Crippen LogP contribution in [0.2, 0.25) is 0 Å². The quantitative estimate of drug-likeness (QED) is 0.369. The highest BCUT2D eigenvalue weighted by atomic mass is 16.4. The molecule has 10 heavy (non-hydrogen) atoms. The van der Waals surface area contributed by atoms with Gasteiger partial charge in [0.25, 0.3) is 0 Å². The van der Waals surface area contributed by atoms with Crippen molar-refractivity contribution < 1.29 is 10.0 Å². The Morgan fingerprint density at radius 3 is 2.20 bits per heavy atom. The molecule has 0 bridgehead atoms. The molecule has 0 aliphatic rings. The van der Waals surface area contributed by atoms with E-state index >= 15 is 0 Å². The minimum absolute atomic E-state index is 0.156. The highest BCUT2D eigenvalue weighted by molar-refractivity contribution is 6.38. The van der Waals surface area contributed by atoms with Crippen LogP contribution in [0.3, 0.4) is 0 Å². The van der Waals surface area contributed by atoms with Crippen molar-refractivity contribution in [1.29, 1.82) is 0 Å². The van der Waals surface area contributed by atoms with Crippen molar-refractivity contribution in [3.8, 4) is 0 Å². The molecule has 0 fully saturated rings. The second kappa shape index (κ2) is 4.04. The van der Waals surface area contributed by atoms with Crippen molar-refractivity contribution in [2.24, 2.45) is 11.1 Å². The molecule has 58 valence electrons. The number of rotatable bonds is 3. The molecule has 0 spiro atoms.